The van der Waals surface area contributed by atoms with Gasteiger partial charge in [0.05, 0.1) is 16.6 Å². The maximum atomic E-state index is 2.54. The molecule has 290 valence electrons. The standard InChI is InChI=1S/C60H40N2/c1-3-15-41(16-4-1)43-29-35-47(36-30-43)61(48-37-31-44(32-38-48)42-17-5-2-6-18-42)49-39-33-46(34-40-49)51-25-14-27-54-52-22-9-10-23-55(52)60-58(53-26-13-20-45-19-7-8-21-50(45)53)56-24-11-12-28-57(56)62(60)59(51)54/h1-40H. The fraction of sp³-hybridized carbons (Fsp3) is 0. The van der Waals surface area contributed by atoms with E-state index in [-0.39, 0.29) is 0 Å². The van der Waals surface area contributed by atoms with Crippen molar-refractivity contribution in [3.63, 3.8) is 0 Å². The number of hydrogen-bond donors (Lipinski definition) is 0. The number of aromatic nitrogens is 1. The topological polar surface area (TPSA) is 7.65 Å². The lowest BCUT2D eigenvalue weighted by Gasteiger charge is -2.26. The predicted molar refractivity (Wildman–Crippen MR) is 264 cm³/mol. The maximum absolute atomic E-state index is 2.54. The van der Waals surface area contributed by atoms with Crippen LogP contribution in [0, 0.1) is 0 Å². The Balaban J connectivity index is 1.05. The maximum Gasteiger partial charge on any atom is 0.0626 e. The van der Waals surface area contributed by atoms with E-state index in [1.807, 2.05) is 0 Å². The number of hydrogen-bond acceptors (Lipinski definition) is 1. The number of nitrogens with zero attached hydrogens (tertiary/aromatic N) is 2. The minimum Gasteiger partial charge on any atom is -0.311 e. The van der Waals surface area contributed by atoms with Gasteiger partial charge in [-0.3, -0.25) is 0 Å². The van der Waals surface area contributed by atoms with Gasteiger partial charge in [-0.1, -0.05) is 200 Å². The molecule has 0 saturated heterocycles. The van der Waals surface area contributed by atoms with E-state index in [0.29, 0.717) is 0 Å². The van der Waals surface area contributed by atoms with E-state index in [9.17, 15) is 0 Å². The zero-order valence-electron chi connectivity index (χ0n) is 34.0. The van der Waals surface area contributed by atoms with Crippen molar-refractivity contribution in [2.24, 2.45) is 0 Å². The van der Waals surface area contributed by atoms with Crippen LogP contribution in [0.4, 0.5) is 17.1 Å². The first-order valence-electron chi connectivity index (χ1n) is 21.3. The fourth-order valence-electron chi connectivity index (χ4n) is 9.71. The Kier molecular flexibility index (Phi) is 8.53. The van der Waals surface area contributed by atoms with Crippen molar-refractivity contribution in [2.45, 2.75) is 0 Å². The Morgan fingerprint density at radius 2 is 0.677 bits per heavy atom. The van der Waals surface area contributed by atoms with Gasteiger partial charge in [-0.25, -0.2) is 0 Å². The van der Waals surface area contributed by atoms with Gasteiger partial charge in [0.2, 0.25) is 0 Å². The average molecular weight is 789 g/mol. The monoisotopic (exact) mass is 788 g/mol. The van der Waals surface area contributed by atoms with Gasteiger partial charge in [0.1, 0.15) is 0 Å². The van der Waals surface area contributed by atoms with E-state index in [1.165, 1.54) is 93.4 Å². The van der Waals surface area contributed by atoms with Crippen molar-refractivity contribution < 1.29 is 0 Å². The molecule has 0 saturated carbocycles. The van der Waals surface area contributed by atoms with Crippen molar-refractivity contribution in [1.29, 1.82) is 0 Å². The lowest BCUT2D eigenvalue weighted by atomic mass is 9.94. The van der Waals surface area contributed by atoms with Crippen LogP contribution in [0.1, 0.15) is 0 Å². The van der Waals surface area contributed by atoms with Gasteiger partial charge in [-0.05, 0) is 92.0 Å². The first-order chi connectivity index (χ1) is 30.8. The molecule has 0 aliphatic carbocycles. The lowest BCUT2D eigenvalue weighted by Crippen LogP contribution is -2.09. The lowest BCUT2D eigenvalue weighted by molar-refractivity contribution is 1.28. The molecule has 0 radical (unpaired) electrons. The summed E-state index contributed by atoms with van der Waals surface area (Å²) in [6, 6.07) is 88.3. The van der Waals surface area contributed by atoms with Crippen LogP contribution < -0.4 is 4.90 Å². The SMILES string of the molecule is c1ccc(-c2ccc(N(c3ccc(-c4ccccc4)cc3)c3ccc(-c4cccc5c6ccccc6c6c(-c7cccc8ccccc78)c7ccccc7n6c45)cc3)cc2)cc1. The third kappa shape index (κ3) is 5.88. The van der Waals surface area contributed by atoms with Crippen LogP contribution in [0.2, 0.25) is 0 Å². The summed E-state index contributed by atoms with van der Waals surface area (Å²) < 4.78 is 2.54. The molecule has 0 fully saturated rings. The van der Waals surface area contributed by atoms with E-state index in [2.05, 4.69) is 252 Å². The number of fused-ring (bicyclic) bond motifs is 9. The molecule has 10 aromatic carbocycles. The zero-order valence-corrected chi connectivity index (χ0v) is 34.0. The van der Waals surface area contributed by atoms with Crippen LogP contribution in [-0.2, 0) is 0 Å². The molecule has 12 rings (SSSR count). The van der Waals surface area contributed by atoms with Crippen molar-refractivity contribution >= 4 is 65.9 Å². The van der Waals surface area contributed by atoms with Crippen LogP contribution in [0.25, 0.3) is 93.4 Å². The summed E-state index contributed by atoms with van der Waals surface area (Å²) in [4.78, 5) is 2.36. The van der Waals surface area contributed by atoms with Crippen LogP contribution in [-0.4, -0.2) is 4.40 Å². The summed E-state index contributed by atoms with van der Waals surface area (Å²) in [6.07, 6.45) is 0. The van der Waals surface area contributed by atoms with Crippen LogP contribution in [0.3, 0.4) is 0 Å². The number of benzene rings is 10. The van der Waals surface area contributed by atoms with Gasteiger partial charge in [0, 0.05) is 44.3 Å². The molecule has 2 aromatic heterocycles. The van der Waals surface area contributed by atoms with Crippen LogP contribution in [0.5, 0.6) is 0 Å². The highest BCUT2D eigenvalue weighted by Gasteiger charge is 2.22. The normalized spacial score (nSPS) is 11.5. The van der Waals surface area contributed by atoms with Crippen LogP contribution >= 0.6 is 0 Å². The molecule has 0 aliphatic rings. The quantitative estimate of drug-likeness (QED) is 0.146. The second-order valence-electron chi connectivity index (χ2n) is 16.1. The molecule has 2 heterocycles. The van der Waals surface area contributed by atoms with E-state index >= 15 is 0 Å². The second-order valence-corrected chi connectivity index (χ2v) is 16.1. The van der Waals surface area contributed by atoms with Gasteiger partial charge < -0.3 is 9.30 Å². The van der Waals surface area contributed by atoms with Crippen molar-refractivity contribution in [2.75, 3.05) is 4.90 Å². The highest BCUT2D eigenvalue weighted by Crippen LogP contribution is 2.46. The summed E-state index contributed by atoms with van der Waals surface area (Å²) in [5, 5.41) is 7.49. The summed E-state index contributed by atoms with van der Waals surface area (Å²) in [6.45, 7) is 0. The second kappa shape index (κ2) is 14.8. The molecule has 0 N–H and O–H groups in total. The summed E-state index contributed by atoms with van der Waals surface area (Å²) in [5.41, 5.74) is 16.6. The number of para-hydroxylation sites is 2. The molecule has 0 spiro atoms. The Morgan fingerprint density at radius 1 is 0.258 bits per heavy atom. The fourth-order valence-corrected chi connectivity index (χ4v) is 9.71. The first-order valence-corrected chi connectivity index (χ1v) is 21.3. The molecule has 0 bridgehead atoms. The predicted octanol–water partition coefficient (Wildman–Crippen LogP) is 16.7. The number of anilines is 3. The van der Waals surface area contributed by atoms with Gasteiger partial charge in [-0.2, -0.15) is 0 Å². The summed E-state index contributed by atoms with van der Waals surface area (Å²) in [5.74, 6) is 0. The molecule has 12 aromatic rings. The summed E-state index contributed by atoms with van der Waals surface area (Å²) >= 11 is 0. The van der Waals surface area contributed by atoms with E-state index in [4.69, 9.17) is 0 Å². The molecule has 2 nitrogen and oxygen atoms in total. The Hall–Kier alpha value is -8.20. The summed E-state index contributed by atoms with van der Waals surface area (Å²) in [7, 11) is 0. The van der Waals surface area contributed by atoms with Gasteiger partial charge in [0.15, 0.2) is 0 Å². The Bertz CT molecular complexity index is 3500. The van der Waals surface area contributed by atoms with Crippen molar-refractivity contribution in [3.05, 3.63) is 243 Å². The largest absolute Gasteiger partial charge is 0.311 e. The van der Waals surface area contributed by atoms with E-state index in [0.717, 1.165) is 17.1 Å². The van der Waals surface area contributed by atoms with Gasteiger partial charge in [0.25, 0.3) is 0 Å². The molecule has 0 unspecified atom stereocenters. The first kappa shape index (κ1) is 35.7. The minimum absolute atomic E-state index is 1.09. The third-order valence-corrected chi connectivity index (χ3v) is 12.6. The smallest absolute Gasteiger partial charge is 0.0626 e. The van der Waals surface area contributed by atoms with Crippen molar-refractivity contribution in [1.82, 2.24) is 4.40 Å². The highest BCUT2D eigenvalue weighted by molar-refractivity contribution is 6.25. The molecule has 0 amide bonds. The average Bonchev–Trinajstić information content (AvgIpc) is 3.70. The van der Waals surface area contributed by atoms with E-state index in [1.54, 1.807) is 0 Å². The molecule has 0 atom stereocenters. The zero-order chi connectivity index (χ0) is 41.0. The molecule has 0 aliphatic heterocycles. The Labute approximate surface area is 360 Å². The minimum atomic E-state index is 1.09. The van der Waals surface area contributed by atoms with Gasteiger partial charge >= 0.3 is 0 Å². The Morgan fingerprint density at radius 3 is 1.31 bits per heavy atom. The van der Waals surface area contributed by atoms with Gasteiger partial charge in [-0.15, -0.1) is 0 Å². The number of pyridine rings is 1. The molecular weight excluding hydrogens is 749 g/mol. The third-order valence-electron chi connectivity index (χ3n) is 12.6. The molecular formula is C60H40N2. The molecule has 62 heavy (non-hydrogen) atoms. The number of rotatable bonds is 7. The molecule has 2 heteroatoms. The van der Waals surface area contributed by atoms with Crippen LogP contribution in [0.15, 0.2) is 243 Å². The van der Waals surface area contributed by atoms with Crippen molar-refractivity contribution in [3.8, 4) is 44.5 Å². The highest BCUT2D eigenvalue weighted by atomic mass is 15.1. The van der Waals surface area contributed by atoms with E-state index < -0.39 is 0 Å².